The van der Waals surface area contributed by atoms with Gasteiger partial charge in [0.25, 0.3) is 0 Å². The summed E-state index contributed by atoms with van der Waals surface area (Å²) in [6, 6.07) is 7.25. The van der Waals surface area contributed by atoms with Crippen molar-refractivity contribution in [1.82, 2.24) is 0 Å². The van der Waals surface area contributed by atoms with Gasteiger partial charge in [0, 0.05) is 18.5 Å². The Morgan fingerprint density at radius 2 is 2.03 bits per heavy atom. The molecule has 1 saturated carbocycles. The fourth-order valence-corrected chi connectivity index (χ4v) is 5.06. The van der Waals surface area contributed by atoms with Gasteiger partial charge in [0.1, 0.15) is 30.0 Å². The molecule has 7 heteroatoms. The van der Waals surface area contributed by atoms with E-state index < -0.39 is 0 Å². The molecule has 1 aromatic rings. The van der Waals surface area contributed by atoms with Crippen LogP contribution in [0.3, 0.4) is 0 Å². The average molecular weight is 431 g/mol. The maximum Gasteiger partial charge on any atom is 0.325 e. The van der Waals surface area contributed by atoms with Gasteiger partial charge in [0.15, 0.2) is 0 Å². The molecule has 2 aliphatic heterocycles. The van der Waals surface area contributed by atoms with Crippen LogP contribution >= 0.6 is 0 Å². The largest absolute Gasteiger partial charge is 0.458 e. The van der Waals surface area contributed by atoms with Crippen LogP contribution in [0.5, 0.6) is 0 Å². The molecule has 0 bridgehead atoms. The highest BCUT2D eigenvalue weighted by atomic mass is 16.6. The van der Waals surface area contributed by atoms with Crippen molar-refractivity contribution in [2.24, 2.45) is 5.92 Å². The molecule has 3 N–H and O–H groups in total. The number of hydrogen-bond acceptors (Lipinski definition) is 7. The Morgan fingerprint density at radius 3 is 2.65 bits per heavy atom. The number of allylic oxidation sites excluding steroid dienone is 1. The van der Waals surface area contributed by atoms with E-state index in [0.717, 1.165) is 24.9 Å². The first-order valence-corrected chi connectivity index (χ1v) is 11.0. The number of nitrogens with one attached hydrogen (secondary N) is 1. The summed E-state index contributed by atoms with van der Waals surface area (Å²) in [5.74, 6) is -0.282. The van der Waals surface area contributed by atoms with Crippen LogP contribution in [0.4, 0.5) is 11.4 Å². The predicted octanol–water partition coefficient (Wildman–Crippen LogP) is 3.30. The highest BCUT2D eigenvalue weighted by Crippen LogP contribution is 2.59. The number of carbonyl (C=O) groups is 1. The number of methoxy groups -OCH3 is 1. The molecular weight excluding hydrogens is 396 g/mol. The number of nitrogens with two attached hydrogens (primary N) is 1. The Balaban J connectivity index is 1.40. The maximum absolute atomic E-state index is 12.6. The summed E-state index contributed by atoms with van der Waals surface area (Å²) in [4.78, 5) is 12.6. The van der Waals surface area contributed by atoms with Gasteiger partial charge in [-0.3, -0.25) is 4.79 Å². The summed E-state index contributed by atoms with van der Waals surface area (Å²) in [6.07, 6.45) is 4.19. The highest BCUT2D eigenvalue weighted by molar-refractivity contribution is 5.75. The van der Waals surface area contributed by atoms with E-state index in [2.05, 4.69) is 32.2 Å². The first-order chi connectivity index (χ1) is 14.8. The third-order valence-electron chi connectivity index (χ3n) is 6.87. The lowest BCUT2D eigenvalue weighted by atomic mass is 9.68. The van der Waals surface area contributed by atoms with E-state index in [-0.39, 0.29) is 47.9 Å². The van der Waals surface area contributed by atoms with Crippen molar-refractivity contribution in [2.45, 2.75) is 69.5 Å². The molecule has 1 aromatic carbocycles. The smallest absolute Gasteiger partial charge is 0.325 e. The summed E-state index contributed by atoms with van der Waals surface area (Å²) in [5.41, 5.74) is 7.93. The van der Waals surface area contributed by atoms with Crippen molar-refractivity contribution in [3.05, 3.63) is 35.9 Å². The maximum atomic E-state index is 12.6. The fourth-order valence-electron chi connectivity index (χ4n) is 5.06. The zero-order chi connectivity index (χ0) is 22.2. The van der Waals surface area contributed by atoms with E-state index >= 15 is 0 Å². The molecule has 2 saturated heterocycles. The van der Waals surface area contributed by atoms with Crippen LogP contribution in [0, 0.1) is 5.92 Å². The predicted molar refractivity (Wildman–Crippen MR) is 119 cm³/mol. The molecule has 3 fully saturated rings. The van der Waals surface area contributed by atoms with Crippen molar-refractivity contribution in [1.29, 1.82) is 0 Å². The summed E-state index contributed by atoms with van der Waals surface area (Å²) in [7, 11) is 1.68. The Bertz CT molecular complexity index is 831. The number of hydrogen-bond donors (Lipinski definition) is 2. The molecule has 0 amide bonds. The Labute approximate surface area is 184 Å². The number of carbonyl (C=O) groups excluding carboxylic acids is 1. The van der Waals surface area contributed by atoms with Crippen LogP contribution in [-0.2, 0) is 23.7 Å². The molecule has 1 aliphatic carbocycles. The topological polar surface area (TPSA) is 98.6 Å². The second kappa shape index (κ2) is 8.45. The van der Waals surface area contributed by atoms with E-state index in [0.29, 0.717) is 12.3 Å². The molecule has 6 atom stereocenters. The SMILES string of the molecule is CO[C@@H]1C(OC(=O)CNc2ccc(N)cc2)CC[C@]2(CO2)[C@H]1[C@@]1(C)OC1CC=C(C)C. The minimum Gasteiger partial charge on any atom is -0.458 e. The Morgan fingerprint density at radius 1 is 1.32 bits per heavy atom. The molecule has 2 unspecified atom stereocenters. The normalized spacial score (nSPS) is 36.0. The molecule has 3 aliphatic rings. The molecular formula is C24H34N2O5. The third-order valence-corrected chi connectivity index (χ3v) is 6.87. The number of esters is 1. The fraction of sp³-hybridized carbons (Fsp3) is 0.625. The summed E-state index contributed by atoms with van der Waals surface area (Å²) < 4.78 is 24.0. The van der Waals surface area contributed by atoms with E-state index in [1.165, 1.54) is 5.57 Å². The lowest BCUT2D eigenvalue weighted by Crippen LogP contribution is -2.55. The molecule has 2 heterocycles. The van der Waals surface area contributed by atoms with Gasteiger partial charge in [-0.2, -0.15) is 0 Å². The minimum absolute atomic E-state index is 0.0252. The van der Waals surface area contributed by atoms with Crippen molar-refractivity contribution in [2.75, 3.05) is 31.3 Å². The summed E-state index contributed by atoms with van der Waals surface area (Å²) in [5, 5.41) is 3.08. The zero-order valence-corrected chi connectivity index (χ0v) is 18.9. The van der Waals surface area contributed by atoms with Crippen molar-refractivity contribution in [3.63, 3.8) is 0 Å². The molecule has 0 aromatic heterocycles. The number of ether oxygens (including phenoxy) is 4. The monoisotopic (exact) mass is 430 g/mol. The molecule has 1 spiro atoms. The number of benzene rings is 1. The molecule has 4 rings (SSSR count). The second-order valence-electron chi connectivity index (χ2n) is 9.38. The first-order valence-electron chi connectivity index (χ1n) is 11.0. The van der Waals surface area contributed by atoms with Gasteiger partial charge in [-0.05, 0) is 64.3 Å². The van der Waals surface area contributed by atoms with Crippen LogP contribution in [-0.4, -0.2) is 55.7 Å². The van der Waals surface area contributed by atoms with Gasteiger partial charge in [-0.25, -0.2) is 0 Å². The van der Waals surface area contributed by atoms with E-state index in [1.54, 1.807) is 19.2 Å². The zero-order valence-electron chi connectivity index (χ0n) is 18.9. The average Bonchev–Trinajstić information content (AvgIpc) is 3.65. The standard InChI is InChI=1S/C24H34N2O5/c1-15(2)5-10-19-23(3,31-19)22-21(28-4)18(11-12-24(22)14-29-24)30-20(27)13-26-17-8-6-16(25)7-9-17/h5-9,18-19,21-22,26H,10-14,25H2,1-4H3/t18?,19?,21-,22-,23+,24+/m1/s1. The quantitative estimate of drug-likeness (QED) is 0.283. The molecule has 170 valence electrons. The van der Waals surface area contributed by atoms with Gasteiger partial charge in [-0.15, -0.1) is 0 Å². The first kappa shape index (κ1) is 22.1. The van der Waals surface area contributed by atoms with Crippen LogP contribution < -0.4 is 11.1 Å². The van der Waals surface area contributed by atoms with Crippen molar-refractivity contribution in [3.8, 4) is 0 Å². The number of anilines is 2. The van der Waals surface area contributed by atoms with Gasteiger partial charge >= 0.3 is 5.97 Å². The lowest BCUT2D eigenvalue weighted by molar-refractivity contribution is -0.170. The summed E-state index contributed by atoms with van der Waals surface area (Å²) >= 11 is 0. The Kier molecular flexibility index (Phi) is 6.03. The van der Waals surface area contributed by atoms with Crippen molar-refractivity contribution >= 4 is 17.3 Å². The van der Waals surface area contributed by atoms with E-state index in [4.69, 9.17) is 24.7 Å². The number of epoxide rings is 2. The second-order valence-corrected chi connectivity index (χ2v) is 9.38. The Hall–Kier alpha value is -2.09. The van der Waals surface area contributed by atoms with E-state index in [1.807, 2.05) is 12.1 Å². The molecule has 7 nitrogen and oxygen atoms in total. The van der Waals surface area contributed by atoms with Crippen LogP contribution in [0.25, 0.3) is 0 Å². The highest BCUT2D eigenvalue weighted by Gasteiger charge is 2.72. The van der Waals surface area contributed by atoms with Gasteiger partial charge in [0.05, 0.1) is 18.6 Å². The molecule has 31 heavy (non-hydrogen) atoms. The van der Waals surface area contributed by atoms with Gasteiger partial charge in [-0.1, -0.05) is 11.6 Å². The molecule has 0 radical (unpaired) electrons. The van der Waals surface area contributed by atoms with Gasteiger partial charge in [0.2, 0.25) is 0 Å². The van der Waals surface area contributed by atoms with Gasteiger partial charge < -0.3 is 30.0 Å². The van der Waals surface area contributed by atoms with E-state index in [9.17, 15) is 4.79 Å². The van der Waals surface area contributed by atoms with Crippen molar-refractivity contribution < 1.29 is 23.7 Å². The van der Waals surface area contributed by atoms with Crippen LogP contribution in [0.1, 0.15) is 40.0 Å². The van der Waals surface area contributed by atoms with Crippen LogP contribution in [0.15, 0.2) is 35.9 Å². The van der Waals surface area contributed by atoms with Crippen LogP contribution in [0.2, 0.25) is 0 Å². The minimum atomic E-state index is -0.337. The lowest BCUT2D eigenvalue weighted by Gasteiger charge is -2.42. The summed E-state index contributed by atoms with van der Waals surface area (Å²) in [6.45, 7) is 7.13. The number of nitrogen functional groups attached to an aromatic ring is 1. The number of rotatable bonds is 8. The third kappa shape index (κ3) is 4.59.